The molecule has 0 radical (unpaired) electrons. The third kappa shape index (κ3) is 6.79. The summed E-state index contributed by atoms with van der Waals surface area (Å²) in [7, 11) is 1.75. The van der Waals surface area contributed by atoms with Crippen LogP contribution in [0.1, 0.15) is 31.9 Å². The number of aryl methyl sites for hydroxylation is 2. The topological polar surface area (TPSA) is 42.0 Å². The second-order valence-corrected chi connectivity index (χ2v) is 6.24. The Labute approximate surface area is 146 Å². The predicted molar refractivity (Wildman–Crippen MR) is 97.8 cm³/mol. The van der Waals surface area contributed by atoms with Gasteiger partial charge in [-0.2, -0.15) is 0 Å². The third-order valence-corrected chi connectivity index (χ3v) is 4.16. The third-order valence-electron chi connectivity index (χ3n) is 4.16. The second-order valence-electron chi connectivity index (χ2n) is 6.24. The van der Waals surface area contributed by atoms with Crippen LogP contribution >= 0.6 is 0 Å². The van der Waals surface area contributed by atoms with Crippen LogP contribution in [-0.4, -0.2) is 61.8 Å². The van der Waals surface area contributed by atoms with Crippen LogP contribution in [0.3, 0.4) is 0 Å². The molecule has 1 rings (SSSR count). The molecule has 5 nitrogen and oxygen atoms in total. The summed E-state index contributed by atoms with van der Waals surface area (Å²) in [6, 6.07) is 6.05. The Hall–Kier alpha value is -1.75. The van der Waals surface area contributed by atoms with Gasteiger partial charge in [-0.15, -0.1) is 0 Å². The highest BCUT2D eigenvalue weighted by Crippen LogP contribution is 2.16. The summed E-state index contributed by atoms with van der Waals surface area (Å²) in [5, 5.41) is 0. The molecule has 0 fully saturated rings. The number of benzene rings is 1. The van der Waals surface area contributed by atoms with Crippen molar-refractivity contribution in [1.29, 1.82) is 0 Å². The van der Waals surface area contributed by atoms with Crippen molar-refractivity contribution in [2.75, 3.05) is 39.9 Å². The van der Waals surface area contributed by atoms with Gasteiger partial charge in [-0.05, 0) is 57.1 Å². The number of carbonyl (C=O) groups is 1. The zero-order valence-electron chi connectivity index (χ0n) is 16.0. The number of amides is 1. The molecule has 0 aliphatic heterocycles. The number of ether oxygens (including phenoxy) is 2. The Bertz CT molecular complexity index is 495. The Morgan fingerprint density at radius 2 is 1.71 bits per heavy atom. The van der Waals surface area contributed by atoms with Gasteiger partial charge in [0.25, 0.3) is 0 Å². The van der Waals surface area contributed by atoms with Crippen molar-refractivity contribution in [2.45, 2.75) is 40.7 Å². The summed E-state index contributed by atoms with van der Waals surface area (Å²) in [6.45, 7) is 13.8. The Morgan fingerprint density at radius 1 is 1.12 bits per heavy atom. The minimum Gasteiger partial charge on any atom is -0.491 e. The lowest BCUT2D eigenvalue weighted by atomic mass is 10.1. The molecular weight excluding hydrogens is 304 g/mol. The van der Waals surface area contributed by atoms with Crippen LogP contribution < -0.4 is 4.74 Å². The minimum atomic E-state index is -0.307. The summed E-state index contributed by atoms with van der Waals surface area (Å²) in [6.07, 6.45) is -0.307. The fraction of sp³-hybridized carbons (Fsp3) is 0.632. The molecule has 5 heteroatoms. The van der Waals surface area contributed by atoms with Crippen molar-refractivity contribution in [3.05, 3.63) is 29.3 Å². The van der Waals surface area contributed by atoms with Crippen LogP contribution in [-0.2, 0) is 4.74 Å². The predicted octanol–water partition coefficient (Wildman–Crippen LogP) is 3.48. The molecule has 1 unspecified atom stereocenters. The fourth-order valence-corrected chi connectivity index (χ4v) is 2.43. The maximum Gasteiger partial charge on any atom is 0.409 e. The quantitative estimate of drug-likeness (QED) is 0.692. The normalized spacial score (nSPS) is 12.1. The van der Waals surface area contributed by atoms with Crippen LogP contribution in [0, 0.1) is 13.8 Å². The van der Waals surface area contributed by atoms with Crippen LogP contribution in [0.15, 0.2) is 18.2 Å². The average Bonchev–Trinajstić information content (AvgIpc) is 2.54. The van der Waals surface area contributed by atoms with Gasteiger partial charge in [0.05, 0.1) is 6.04 Å². The van der Waals surface area contributed by atoms with Crippen molar-refractivity contribution in [3.8, 4) is 5.75 Å². The molecule has 1 atom stereocenters. The summed E-state index contributed by atoms with van der Waals surface area (Å²) in [4.78, 5) is 15.9. The molecule has 0 heterocycles. The molecule has 0 aliphatic rings. The molecule has 24 heavy (non-hydrogen) atoms. The van der Waals surface area contributed by atoms with E-state index in [1.54, 1.807) is 11.9 Å². The van der Waals surface area contributed by atoms with Crippen molar-refractivity contribution >= 4 is 6.09 Å². The van der Waals surface area contributed by atoms with Gasteiger partial charge in [0.15, 0.2) is 0 Å². The van der Waals surface area contributed by atoms with Crippen LogP contribution in [0.25, 0.3) is 0 Å². The first-order valence-corrected chi connectivity index (χ1v) is 8.70. The van der Waals surface area contributed by atoms with Gasteiger partial charge in [-0.3, -0.25) is 0 Å². The maximum absolute atomic E-state index is 12.1. The summed E-state index contributed by atoms with van der Waals surface area (Å²) < 4.78 is 11.2. The number of hydrogen-bond donors (Lipinski definition) is 0. The molecule has 0 N–H and O–H groups in total. The van der Waals surface area contributed by atoms with Crippen molar-refractivity contribution in [1.82, 2.24) is 9.80 Å². The van der Waals surface area contributed by atoms with Crippen molar-refractivity contribution < 1.29 is 14.3 Å². The molecule has 0 spiro atoms. The number of carbonyl (C=O) groups excluding carboxylic acids is 1. The van der Waals surface area contributed by atoms with E-state index in [-0.39, 0.29) is 12.1 Å². The second kappa shape index (κ2) is 10.2. The van der Waals surface area contributed by atoms with E-state index >= 15 is 0 Å². The highest BCUT2D eigenvalue weighted by atomic mass is 16.6. The first-order valence-electron chi connectivity index (χ1n) is 8.70. The lowest BCUT2D eigenvalue weighted by Crippen LogP contribution is -2.40. The Balaban J connectivity index is 2.40. The fourth-order valence-electron chi connectivity index (χ4n) is 2.43. The van der Waals surface area contributed by atoms with Crippen LogP contribution in [0.5, 0.6) is 5.75 Å². The Morgan fingerprint density at radius 3 is 2.25 bits per heavy atom. The molecule has 136 valence electrons. The van der Waals surface area contributed by atoms with E-state index in [0.29, 0.717) is 13.2 Å². The summed E-state index contributed by atoms with van der Waals surface area (Å²) in [5.41, 5.74) is 2.34. The Kier molecular flexibility index (Phi) is 8.61. The standard InChI is InChI=1S/C19H32N2O3/c1-7-21(8-2)9-10-23-19(22)20(6)17(5)14-24-18-12-15(3)11-16(4)13-18/h11-13,17H,7-10,14H2,1-6H3. The minimum absolute atomic E-state index is 0.0632. The van der Waals surface area contributed by atoms with E-state index in [0.717, 1.165) is 25.4 Å². The van der Waals surface area contributed by atoms with Crippen LogP contribution in [0.4, 0.5) is 4.79 Å². The van der Waals surface area contributed by atoms with E-state index in [9.17, 15) is 4.79 Å². The van der Waals surface area contributed by atoms with Gasteiger partial charge in [-0.25, -0.2) is 4.79 Å². The largest absolute Gasteiger partial charge is 0.491 e. The number of rotatable bonds is 9. The van der Waals surface area contributed by atoms with E-state index < -0.39 is 0 Å². The van der Waals surface area contributed by atoms with Gasteiger partial charge in [-0.1, -0.05) is 19.9 Å². The molecule has 0 bridgehead atoms. The molecule has 0 aromatic heterocycles. The zero-order chi connectivity index (χ0) is 18.1. The van der Waals surface area contributed by atoms with E-state index in [1.807, 2.05) is 32.9 Å². The van der Waals surface area contributed by atoms with Gasteiger partial charge >= 0.3 is 6.09 Å². The smallest absolute Gasteiger partial charge is 0.409 e. The van der Waals surface area contributed by atoms with E-state index in [1.165, 1.54) is 11.1 Å². The lowest BCUT2D eigenvalue weighted by Gasteiger charge is -2.25. The first kappa shape index (κ1) is 20.3. The van der Waals surface area contributed by atoms with E-state index in [2.05, 4.69) is 24.8 Å². The first-order chi connectivity index (χ1) is 11.4. The molecule has 0 saturated heterocycles. The number of hydrogen-bond acceptors (Lipinski definition) is 4. The average molecular weight is 336 g/mol. The molecule has 1 aromatic rings. The molecular formula is C19H32N2O3. The summed E-state index contributed by atoms with van der Waals surface area (Å²) >= 11 is 0. The molecule has 0 saturated carbocycles. The molecule has 1 amide bonds. The number of nitrogens with zero attached hydrogens (tertiary/aromatic N) is 2. The van der Waals surface area contributed by atoms with Gasteiger partial charge in [0.1, 0.15) is 19.0 Å². The molecule has 0 aliphatic carbocycles. The summed E-state index contributed by atoms with van der Waals surface area (Å²) in [5.74, 6) is 0.836. The molecule has 1 aromatic carbocycles. The maximum atomic E-state index is 12.1. The van der Waals surface area contributed by atoms with Gasteiger partial charge < -0.3 is 19.3 Å². The van der Waals surface area contributed by atoms with Crippen molar-refractivity contribution in [3.63, 3.8) is 0 Å². The van der Waals surface area contributed by atoms with E-state index in [4.69, 9.17) is 9.47 Å². The zero-order valence-corrected chi connectivity index (χ0v) is 16.0. The SMILES string of the molecule is CCN(CC)CCOC(=O)N(C)C(C)COc1cc(C)cc(C)c1. The highest BCUT2D eigenvalue weighted by molar-refractivity contribution is 5.67. The van der Waals surface area contributed by atoms with Crippen molar-refractivity contribution in [2.24, 2.45) is 0 Å². The highest BCUT2D eigenvalue weighted by Gasteiger charge is 2.18. The van der Waals surface area contributed by atoms with Gasteiger partial charge in [0.2, 0.25) is 0 Å². The van der Waals surface area contributed by atoms with Gasteiger partial charge in [0, 0.05) is 13.6 Å². The van der Waals surface area contributed by atoms with Crippen LogP contribution in [0.2, 0.25) is 0 Å². The lowest BCUT2D eigenvalue weighted by molar-refractivity contribution is 0.0801. The monoisotopic (exact) mass is 336 g/mol. The number of likely N-dealkylation sites (N-methyl/N-ethyl adjacent to an activating group) is 2.